The summed E-state index contributed by atoms with van der Waals surface area (Å²) in [7, 11) is -0.324. The summed E-state index contributed by atoms with van der Waals surface area (Å²) in [5.41, 5.74) is 0.680. The van der Waals surface area contributed by atoms with Crippen LogP contribution in [0.1, 0.15) is 39.7 Å². The van der Waals surface area contributed by atoms with Crippen LogP contribution in [0.3, 0.4) is 0 Å². The second-order valence-electron chi connectivity index (χ2n) is 6.16. The standard InChI is InChI=1S/C15H22BClO2/c1-14(2)15(3,4)19-16(18-14)13(17)11-10-12-8-6-5-7-9-12/h5-9,13H,10-11H2,1-4H3/t13-/m0/s1. The fourth-order valence-electron chi connectivity index (χ4n) is 2.12. The molecule has 1 aromatic carbocycles. The van der Waals surface area contributed by atoms with E-state index in [4.69, 9.17) is 20.9 Å². The summed E-state index contributed by atoms with van der Waals surface area (Å²) in [6.45, 7) is 8.20. The lowest BCUT2D eigenvalue weighted by atomic mass is 9.81. The second kappa shape index (κ2) is 5.47. The Morgan fingerprint density at radius 2 is 1.58 bits per heavy atom. The normalized spacial score (nSPS) is 22.5. The summed E-state index contributed by atoms with van der Waals surface area (Å²) in [6.07, 6.45) is 1.79. The van der Waals surface area contributed by atoms with E-state index in [9.17, 15) is 0 Å². The van der Waals surface area contributed by atoms with Gasteiger partial charge >= 0.3 is 7.12 Å². The van der Waals surface area contributed by atoms with Crippen LogP contribution >= 0.6 is 11.6 Å². The van der Waals surface area contributed by atoms with Gasteiger partial charge in [0.25, 0.3) is 0 Å². The molecule has 0 N–H and O–H groups in total. The fraction of sp³-hybridized carbons (Fsp3) is 0.600. The van der Waals surface area contributed by atoms with E-state index in [1.165, 1.54) is 5.56 Å². The molecule has 1 saturated heterocycles. The van der Waals surface area contributed by atoms with Crippen molar-refractivity contribution >= 4 is 18.7 Å². The summed E-state index contributed by atoms with van der Waals surface area (Å²) in [5, 5.41) is -0.124. The third-order valence-corrected chi connectivity index (χ3v) is 4.54. The van der Waals surface area contributed by atoms with Gasteiger partial charge in [-0.1, -0.05) is 30.3 Å². The number of hydrogen-bond acceptors (Lipinski definition) is 2. The van der Waals surface area contributed by atoms with E-state index in [0.717, 1.165) is 12.8 Å². The zero-order valence-corrected chi connectivity index (χ0v) is 12.9. The van der Waals surface area contributed by atoms with Gasteiger partial charge in [0.05, 0.1) is 16.5 Å². The molecule has 2 rings (SSSR count). The molecule has 1 aliphatic heterocycles. The lowest BCUT2D eigenvalue weighted by molar-refractivity contribution is 0.00578. The Balaban J connectivity index is 1.90. The minimum Gasteiger partial charge on any atom is -0.402 e. The predicted molar refractivity (Wildman–Crippen MR) is 80.5 cm³/mol. The molecule has 0 amide bonds. The molecule has 1 atom stereocenters. The summed E-state index contributed by atoms with van der Waals surface area (Å²) in [5.74, 6) is 0. The minimum absolute atomic E-state index is 0.124. The monoisotopic (exact) mass is 280 g/mol. The van der Waals surface area contributed by atoms with E-state index in [2.05, 4.69) is 12.1 Å². The smallest absolute Gasteiger partial charge is 0.402 e. The first-order valence-corrected chi connectivity index (χ1v) is 7.29. The van der Waals surface area contributed by atoms with Gasteiger partial charge < -0.3 is 9.31 Å². The van der Waals surface area contributed by atoms with Crippen molar-refractivity contribution in [3.63, 3.8) is 0 Å². The summed E-state index contributed by atoms with van der Waals surface area (Å²) in [4.78, 5) is 0. The molecule has 1 heterocycles. The predicted octanol–water partition coefficient (Wildman–Crippen LogP) is 3.86. The van der Waals surface area contributed by atoms with Crippen molar-refractivity contribution in [2.75, 3.05) is 0 Å². The molecule has 0 aromatic heterocycles. The highest BCUT2D eigenvalue weighted by Gasteiger charge is 2.53. The molecule has 19 heavy (non-hydrogen) atoms. The molecule has 0 spiro atoms. The maximum absolute atomic E-state index is 6.44. The largest absolute Gasteiger partial charge is 0.476 e. The SMILES string of the molecule is CC1(C)OB([C@@H](Cl)CCc2ccccc2)OC1(C)C. The highest BCUT2D eigenvalue weighted by molar-refractivity contribution is 6.59. The molecule has 1 fully saturated rings. The van der Waals surface area contributed by atoms with Crippen molar-refractivity contribution in [1.82, 2.24) is 0 Å². The molecule has 4 heteroatoms. The van der Waals surface area contributed by atoms with Crippen molar-refractivity contribution < 1.29 is 9.31 Å². The van der Waals surface area contributed by atoms with Crippen molar-refractivity contribution in [3.8, 4) is 0 Å². The Hall–Kier alpha value is -0.505. The minimum atomic E-state index is -0.324. The molecular weight excluding hydrogens is 258 g/mol. The number of aryl methyl sites for hydroxylation is 1. The van der Waals surface area contributed by atoms with Crippen LogP contribution < -0.4 is 0 Å². The van der Waals surface area contributed by atoms with Gasteiger partial charge in [0.2, 0.25) is 0 Å². The molecule has 0 saturated carbocycles. The van der Waals surface area contributed by atoms with Gasteiger partial charge in [-0.2, -0.15) is 0 Å². The molecule has 1 aromatic rings. The van der Waals surface area contributed by atoms with Crippen LogP contribution in [0, 0.1) is 0 Å². The van der Waals surface area contributed by atoms with Crippen LogP contribution in [0.4, 0.5) is 0 Å². The van der Waals surface area contributed by atoms with E-state index in [-0.39, 0.29) is 23.6 Å². The lowest BCUT2D eigenvalue weighted by Crippen LogP contribution is -2.41. The van der Waals surface area contributed by atoms with Crippen molar-refractivity contribution in [2.45, 2.75) is 57.0 Å². The molecule has 0 bridgehead atoms. The third kappa shape index (κ3) is 3.33. The Morgan fingerprint density at radius 1 is 1.05 bits per heavy atom. The molecule has 0 radical (unpaired) electrons. The van der Waals surface area contributed by atoms with E-state index in [1.807, 2.05) is 45.9 Å². The van der Waals surface area contributed by atoms with Gasteiger partial charge in [0.1, 0.15) is 0 Å². The summed E-state index contributed by atoms with van der Waals surface area (Å²) in [6, 6.07) is 10.4. The van der Waals surface area contributed by atoms with Crippen LogP contribution in [-0.2, 0) is 15.7 Å². The number of hydrogen-bond donors (Lipinski definition) is 0. The highest BCUT2D eigenvalue weighted by Crippen LogP contribution is 2.38. The van der Waals surface area contributed by atoms with Crippen molar-refractivity contribution in [1.29, 1.82) is 0 Å². The third-order valence-electron chi connectivity index (χ3n) is 4.12. The number of halogens is 1. The van der Waals surface area contributed by atoms with Gasteiger partial charge in [0.15, 0.2) is 0 Å². The average molecular weight is 281 g/mol. The van der Waals surface area contributed by atoms with Crippen LogP contribution in [0.25, 0.3) is 0 Å². The van der Waals surface area contributed by atoms with Crippen LogP contribution in [0.2, 0.25) is 0 Å². The van der Waals surface area contributed by atoms with Crippen LogP contribution in [0.15, 0.2) is 30.3 Å². The molecule has 104 valence electrons. The second-order valence-corrected chi connectivity index (χ2v) is 6.73. The first-order valence-electron chi connectivity index (χ1n) is 6.85. The zero-order chi connectivity index (χ0) is 14.1. The van der Waals surface area contributed by atoms with Crippen molar-refractivity contribution in [2.24, 2.45) is 0 Å². The molecule has 1 aliphatic rings. The van der Waals surface area contributed by atoms with Crippen molar-refractivity contribution in [3.05, 3.63) is 35.9 Å². The number of alkyl halides is 1. The van der Waals surface area contributed by atoms with Gasteiger partial charge in [-0.15, -0.1) is 11.6 Å². The summed E-state index contributed by atoms with van der Waals surface area (Å²) < 4.78 is 11.9. The average Bonchev–Trinajstić information content (AvgIpc) is 2.57. The molecular formula is C15H22BClO2. The maximum atomic E-state index is 6.44. The van der Waals surface area contributed by atoms with E-state index in [0.29, 0.717) is 0 Å². The lowest BCUT2D eigenvalue weighted by Gasteiger charge is -2.32. The fourth-order valence-corrected chi connectivity index (χ4v) is 2.33. The Bertz CT molecular complexity index is 403. The molecule has 2 nitrogen and oxygen atoms in total. The van der Waals surface area contributed by atoms with E-state index < -0.39 is 0 Å². The summed E-state index contributed by atoms with van der Waals surface area (Å²) >= 11 is 6.44. The highest BCUT2D eigenvalue weighted by atomic mass is 35.5. The van der Waals surface area contributed by atoms with Gasteiger partial charge in [-0.3, -0.25) is 0 Å². The van der Waals surface area contributed by atoms with Gasteiger partial charge in [0, 0.05) is 0 Å². The molecule has 0 aliphatic carbocycles. The Kier molecular flexibility index (Phi) is 4.29. The van der Waals surface area contributed by atoms with Crippen LogP contribution in [0.5, 0.6) is 0 Å². The van der Waals surface area contributed by atoms with E-state index >= 15 is 0 Å². The molecule has 0 unspecified atom stereocenters. The topological polar surface area (TPSA) is 18.5 Å². The number of rotatable bonds is 4. The Morgan fingerprint density at radius 3 is 2.11 bits per heavy atom. The first kappa shape index (κ1) is 14.9. The first-order chi connectivity index (χ1) is 8.82. The Labute approximate surface area is 121 Å². The quantitative estimate of drug-likeness (QED) is 0.616. The number of benzene rings is 1. The van der Waals surface area contributed by atoms with Crippen LogP contribution in [-0.4, -0.2) is 23.6 Å². The van der Waals surface area contributed by atoms with Gasteiger partial charge in [-0.05, 0) is 46.1 Å². The maximum Gasteiger partial charge on any atom is 0.476 e. The zero-order valence-electron chi connectivity index (χ0n) is 12.2. The van der Waals surface area contributed by atoms with E-state index in [1.54, 1.807) is 0 Å². The van der Waals surface area contributed by atoms with Gasteiger partial charge in [-0.25, -0.2) is 0 Å².